The lowest BCUT2D eigenvalue weighted by Gasteiger charge is -2.39. The zero-order valence-electron chi connectivity index (χ0n) is 32.9. The lowest BCUT2D eigenvalue weighted by Crippen LogP contribution is -2.60. The maximum atomic E-state index is 13.2. The van der Waals surface area contributed by atoms with E-state index in [2.05, 4.69) is 34.9 Å². The van der Waals surface area contributed by atoms with Crippen molar-refractivity contribution in [1.29, 1.82) is 0 Å². The second-order valence-electron chi connectivity index (χ2n) is 12.8. The average Bonchev–Trinajstić information content (AvgIpc) is 3.09. The Labute approximate surface area is 322 Å². The van der Waals surface area contributed by atoms with Gasteiger partial charge in [-0.2, -0.15) is 0 Å². The predicted molar refractivity (Wildman–Crippen MR) is 199 cm³/mol. The normalized spacial score (nSPS) is 10.8. The van der Waals surface area contributed by atoms with Crippen molar-refractivity contribution in [1.82, 2.24) is 31.5 Å². The summed E-state index contributed by atoms with van der Waals surface area (Å²) in [6.45, 7) is 19.3. The molecule has 6 amide bonds. The molecule has 4 N–H and O–H groups in total. The number of urea groups is 2. The molecular weight excluding hydrogens is 765 g/mol. The van der Waals surface area contributed by atoms with Gasteiger partial charge in [-0.25, -0.2) is 50.5 Å². The van der Waals surface area contributed by atoms with Crippen LogP contribution in [0.4, 0.5) is 19.2 Å². The Balaban J connectivity index is 5.63. The summed E-state index contributed by atoms with van der Waals surface area (Å²) in [5.41, 5.74) is 8.95. The standard InChI is InChI=1S/C32H56N6O15Si2/c1-11-47-25(39)13-15-37(29(43)33-35-31(45)51-19-17-49-27(41)23(3)4)21-54(7,8)53-55(9,10)22-38(16-14-26(40)48-12-2)30(44)34-36-32(46)52-20-18-50-28(42)24(5)6/h3,5,11-22H2,1-2,4,6-10H3,(H,33,43)(H,34,44)(H,35,45)(H,36,46). The Bertz CT molecular complexity index is 1280. The summed E-state index contributed by atoms with van der Waals surface area (Å²) in [5.74, 6) is -2.43. The minimum absolute atomic E-state index is 0.0202. The highest BCUT2D eigenvalue weighted by Gasteiger charge is 2.38. The summed E-state index contributed by atoms with van der Waals surface area (Å²) in [7, 11) is -5.79. The van der Waals surface area contributed by atoms with Crippen LogP contribution in [0.3, 0.4) is 0 Å². The summed E-state index contributed by atoms with van der Waals surface area (Å²) in [5, 5.41) is 0. The Hall–Kier alpha value is -5.17. The molecule has 0 radical (unpaired) electrons. The molecule has 0 aromatic carbocycles. The first-order valence-electron chi connectivity index (χ1n) is 17.2. The molecule has 312 valence electrons. The number of esters is 4. The van der Waals surface area contributed by atoms with Gasteiger partial charge >= 0.3 is 48.1 Å². The number of carbonyl (C=O) groups excluding carboxylic acids is 8. The van der Waals surface area contributed by atoms with E-state index in [1.54, 1.807) is 13.8 Å². The van der Waals surface area contributed by atoms with Crippen LogP contribution in [-0.2, 0) is 51.7 Å². The summed E-state index contributed by atoms with van der Waals surface area (Å²) in [6.07, 6.45) is -2.37. The Morgan fingerprint density at radius 3 is 1.16 bits per heavy atom. The van der Waals surface area contributed by atoms with Crippen LogP contribution in [0.2, 0.25) is 26.2 Å². The first-order valence-corrected chi connectivity index (χ1v) is 23.5. The number of hydrogen-bond donors (Lipinski definition) is 4. The lowest BCUT2D eigenvalue weighted by molar-refractivity contribution is -0.144. The first kappa shape index (κ1) is 49.8. The number of nitrogens with one attached hydrogen (secondary N) is 4. The van der Waals surface area contributed by atoms with Crippen LogP contribution in [0.5, 0.6) is 0 Å². The molecule has 0 spiro atoms. The van der Waals surface area contributed by atoms with Crippen LogP contribution in [0, 0.1) is 0 Å². The number of hydrazine groups is 2. The van der Waals surface area contributed by atoms with Gasteiger partial charge in [-0.05, 0) is 53.9 Å². The van der Waals surface area contributed by atoms with Gasteiger partial charge in [0.2, 0.25) is 0 Å². The van der Waals surface area contributed by atoms with E-state index in [1.807, 2.05) is 26.2 Å². The van der Waals surface area contributed by atoms with Crippen molar-refractivity contribution in [2.24, 2.45) is 0 Å². The molecule has 23 heteroatoms. The van der Waals surface area contributed by atoms with Gasteiger partial charge in [0.1, 0.15) is 26.4 Å². The maximum Gasteiger partial charge on any atom is 0.426 e. The Morgan fingerprint density at radius 2 is 0.855 bits per heavy atom. The number of amides is 6. The molecule has 55 heavy (non-hydrogen) atoms. The van der Waals surface area contributed by atoms with E-state index in [9.17, 15) is 38.4 Å². The van der Waals surface area contributed by atoms with Crippen molar-refractivity contribution >= 4 is 64.8 Å². The molecule has 0 fully saturated rings. The molecule has 0 heterocycles. The molecule has 0 atom stereocenters. The maximum absolute atomic E-state index is 13.2. The molecule has 0 unspecified atom stereocenters. The number of carbonyl (C=O) groups is 8. The van der Waals surface area contributed by atoms with Gasteiger partial charge in [-0.3, -0.25) is 9.59 Å². The number of hydrogen-bond acceptors (Lipinski definition) is 15. The van der Waals surface area contributed by atoms with Crippen LogP contribution in [-0.4, -0.2) is 140 Å². The Kier molecular flexibility index (Phi) is 23.4. The highest BCUT2D eigenvalue weighted by molar-refractivity contribution is 6.85. The van der Waals surface area contributed by atoms with Crippen molar-refractivity contribution in [2.45, 2.75) is 66.7 Å². The lowest BCUT2D eigenvalue weighted by atomic mass is 10.4. The third-order valence-electron chi connectivity index (χ3n) is 6.39. The van der Waals surface area contributed by atoms with Gasteiger partial charge in [-0.15, -0.1) is 0 Å². The van der Waals surface area contributed by atoms with Crippen LogP contribution < -0.4 is 21.7 Å². The fourth-order valence-electron chi connectivity index (χ4n) is 4.38. The van der Waals surface area contributed by atoms with Crippen molar-refractivity contribution in [3.05, 3.63) is 24.3 Å². The fraction of sp³-hybridized carbons (Fsp3) is 0.625. The Morgan fingerprint density at radius 1 is 0.527 bits per heavy atom. The highest BCUT2D eigenvalue weighted by Crippen LogP contribution is 2.18. The van der Waals surface area contributed by atoms with Gasteiger partial charge in [0.15, 0.2) is 16.6 Å². The zero-order chi connectivity index (χ0) is 42.2. The van der Waals surface area contributed by atoms with E-state index in [4.69, 9.17) is 32.5 Å². The molecular formula is C32H56N6O15Si2. The van der Waals surface area contributed by atoms with Crippen molar-refractivity contribution in [2.75, 3.05) is 65.1 Å². The third kappa shape index (κ3) is 24.0. The highest BCUT2D eigenvalue weighted by atomic mass is 28.4. The smallest absolute Gasteiger partial charge is 0.426 e. The topological polar surface area (TPSA) is 256 Å². The van der Waals surface area contributed by atoms with E-state index in [0.29, 0.717) is 0 Å². The van der Waals surface area contributed by atoms with Crippen LogP contribution in [0.25, 0.3) is 0 Å². The van der Waals surface area contributed by atoms with Crippen molar-refractivity contribution in [3.8, 4) is 0 Å². The van der Waals surface area contributed by atoms with E-state index < -0.39 is 64.8 Å². The molecule has 0 bridgehead atoms. The molecule has 0 aromatic rings. The van der Waals surface area contributed by atoms with E-state index in [1.165, 1.54) is 23.6 Å². The molecule has 0 aliphatic heterocycles. The molecule has 0 aliphatic carbocycles. The number of ether oxygens (including phenoxy) is 6. The summed E-state index contributed by atoms with van der Waals surface area (Å²) < 4.78 is 36.0. The third-order valence-corrected chi connectivity index (χ3v) is 13.1. The zero-order valence-corrected chi connectivity index (χ0v) is 34.9. The molecule has 21 nitrogen and oxygen atoms in total. The monoisotopic (exact) mass is 820 g/mol. The minimum Gasteiger partial charge on any atom is -0.466 e. The van der Waals surface area contributed by atoms with Crippen LogP contribution >= 0.6 is 0 Å². The summed E-state index contributed by atoms with van der Waals surface area (Å²) >= 11 is 0. The summed E-state index contributed by atoms with van der Waals surface area (Å²) in [6, 6.07) is -1.58. The minimum atomic E-state index is -2.89. The fourth-order valence-corrected chi connectivity index (χ4v) is 13.3. The first-order chi connectivity index (χ1) is 25.6. The van der Waals surface area contributed by atoms with E-state index in [-0.39, 0.29) is 89.1 Å². The van der Waals surface area contributed by atoms with Gasteiger partial charge in [0.05, 0.1) is 26.1 Å². The van der Waals surface area contributed by atoms with Gasteiger partial charge in [0, 0.05) is 36.6 Å². The van der Waals surface area contributed by atoms with E-state index in [0.717, 1.165) is 0 Å². The quantitative estimate of drug-likeness (QED) is 0.0304. The largest absolute Gasteiger partial charge is 0.466 e. The van der Waals surface area contributed by atoms with Crippen molar-refractivity contribution in [3.63, 3.8) is 0 Å². The van der Waals surface area contributed by atoms with Gasteiger partial charge in [-0.1, -0.05) is 13.2 Å². The molecule has 0 aliphatic rings. The SMILES string of the molecule is C=C(C)C(=O)OCCOC(=O)NNC(=O)N(CCC(=O)OCC)C[Si](C)(C)O[Si](C)(C)CN(CCC(=O)OCC)C(=O)NNC(=O)OCCOC(=O)C(=C)C. The second-order valence-corrected chi connectivity index (χ2v) is 21.3. The van der Waals surface area contributed by atoms with Crippen molar-refractivity contribution < 1.29 is 70.9 Å². The van der Waals surface area contributed by atoms with Crippen LogP contribution in [0.15, 0.2) is 24.3 Å². The molecule has 0 aromatic heterocycles. The second kappa shape index (κ2) is 25.8. The van der Waals surface area contributed by atoms with Gasteiger partial charge in [0.25, 0.3) is 0 Å². The molecule has 0 saturated heterocycles. The molecule has 0 rings (SSSR count). The van der Waals surface area contributed by atoms with Crippen LogP contribution in [0.1, 0.15) is 40.5 Å². The average molecular weight is 821 g/mol. The summed E-state index contributed by atoms with van der Waals surface area (Å²) in [4.78, 5) is 100. The number of nitrogens with zero attached hydrogens (tertiary/aromatic N) is 2. The molecule has 0 saturated carbocycles. The number of rotatable bonds is 22. The van der Waals surface area contributed by atoms with E-state index >= 15 is 0 Å². The predicted octanol–water partition coefficient (Wildman–Crippen LogP) is 1.94. The van der Waals surface area contributed by atoms with Gasteiger partial charge < -0.3 is 42.3 Å².